The standard InChI is InChI=1S/C11H14O3/c1-4-14-11(13)9-6-10(12)8(3)5-7(9)2/h5-6,12H,4H2,1-3H3. The van der Waals surface area contributed by atoms with Crippen molar-refractivity contribution in [1.82, 2.24) is 0 Å². The lowest BCUT2D eigenvalue weighted by Crippen LogP contribution is -2.06. The summed E-state index contributed by atoms with van der Waals surface area (Å²) >= 11 is 0. The van der Waals surface area contributed by atoms with Gasteiger partial charge in [0.1, 0.15) is 5.75 Å². The number of esters is 1. The Bertz CT molecular complexity index is 356. The molecule has 0 heterocycles. The number of phenols is 1. The monoisotopic (exact) mass is 194 g/mol. The Kier molecular flexibility index (Phi) is 3.12. The van der Waals surface area contributed by atoms with Crippen LogP contribution in [0.25, 0.3) is 0 Å². The minimum atomic E-state index is -0.389. The molecule has 0 aromatic heterocycles. The van der Waals surface area contributed by atoms with Crippen LogP contribution < -0.4 is 0 Å². The number of ether oxygens (including phenoxy) is 1. The zero-order valence-corrected chi connectivity index (χ0v) is 8.63. The lowest BCUT2D eigenvalue weighted by Gasteiger charge is -2.07. The lowest BCUT2D eigenvalue weighted by atomic mass is 10.1. The van der Waals surface area contributed by atoms with E-state index in [-0.39, 0.29) is 11.7 Å². The predicted molar refractivity (Wildman–Crippen MR) is 53.5 cm³/mol. The zero-order chi connectivity index (χ0) is 10.7. The lowest BCUT2D eigenvalue weighted by molar-refractivity contribution is 0.0525. The van der Waals surface area contributed by atoms with Crippen LogP contribution >= 0.6 is 0 Å². The number of carbonyl (C=O) groups excluding carboxylic acids is 1. The number of hydrogen-bond donors (Lipinski definition) is 1. The molecule has 0 unspecified atom stereocenters. The van der Waals surface area contributed by atoms with Crippen molar-refractivity contribution in [3.63, 3.8) is 0 Å². The van der Waals surface area contributed by atoms with Crippen molar-refractivity contribution in [3.05, 3.63) is 28.8 Å². The first-order valence-electron chi connectivity index (χ1n) is 4.53. The Hall–Kier alpha value is -1.51. The number of aryl methyl sites for hydroxylation is 2. The van der Waals surface area contributed by atoms with Crippen molar-refractivity contribution in [2.24, 2.45) is 0 Å². The van der Waals surface area contributed by atoms with Crippen LogP contribution in [0.2, 0.25) is 0 Å². The third kappa shape index (κ3) is 2.05. The summed E-state index contributed by atoms with van der Waals surface area (Å²) < 4.78 is 4.85. The van der Waals surface area contributed by atoms with Crippen LogP contribution in [-0.2, 0) is 4.74 Å². The molecule has 76 valence electrons. The summed E-state index contributed by atoms with van der Waals surface area (Å²) in [7, 11) is 0. The largest absolute Gasteiger partial charge is 0.508 e. The van der Waals surface area contributed by atoms with Crippen LogP contribution in [0.5, 0.6) is 5.75 Å². The Morgan fingerprint density at radius 1 is 1.36 bits per heavy atom. The van der Waals surface area contributed by atoms with Gasteiger partial charge in [0.2, 0.25) is 0 Å². The Balaban J connectivity index is 3.09. The molecule has 14 heavy (non-hydrogen) atoms. The number of carbonyl (C=O) groups is 1. The molecule has 0 aliphatic heterocycles. The second kappa shape index (κ2) is 4.13. The molecular weight excluding hydrogens is 180 g/mol. The van der Waals surface area contributed by atoms with E-state index in [4.69, 9.17) is 4.74 Å². The first-order valence-corrected chi connectivity index (χ1v) is 4.53. The molecule has 3 heteroatoms. The molecule has 1 aromatic carbocycles. The van der Waals surface area contributed by atoms with Crippen LogP contribution in [0.4, 0.5) is 0 Å². The van der Waals surface area contributed by atoms with Crippen LogP contribution in [0.3, 0.4) is 0 Å². The van der Waals surface area contributed by atoms with E-state index < -0.39 is 0 Å². The molecule has 0 aliphatic carbocycles. The highest BCUT2D eigenvalue weighted by Crippen LogP contribution is 2.21. The van der Waals surface area contributed by atoms with Crippen LogP contribution in [0, 0.1) is 13.8 Å². The normalized spacial score (nSPS) is 9.93. The van der Waals surface area contributed by atoms with E-state index in [1.807, 2.05) is 6.92 Å². The minimum Gasteiger partial charge on any atom is -0.508 e. The highest BCUT2D eigenvalue weighted by Gasteiger charge is 2.11. The van der Waals surface area contributed by atoms with E-state index in [0.717, 1.165) is 11.1 Å². The molecule has 0 saturated carbocycles. The van der Waals surface area contributed by atoms with Gasteiger partial charge in [-0.15, -0.1) is 0 Å². The molecule has 3 nitrogen and oxygen atoms in total. The van der Waals surface area contributed by atoms with Crippen molar-refractivity contribution < 1.29 is 14.6 Å². The van der Waals surface area contributed by atoms with Crippen LogP contribution in [0.15, 0.2) is 12.1 Å². The number of phenolic OH excluding ortho intramolecular Hbond substituents is 1. The molecule has 0 saturated heterocycles. The van der Waals surface area contributed by atoms with Gasteiger partial charge < -0.3 is 9.84 Å². The second-order valence-corrected chi connectivity index (χ2v) is 3.17. The fourth-order valence-corrected chi connectivity index (χ4v) is 1.27. The maximum Gasteiger partial charge on any atom is 0.338 e. The molecule has 0 radical (unpaired) electrons. The third-order valence-corrected chi connectivity index (χ3v) is 2.04. The van der Waals surface area contributed by atoms with E-state index in [1.165, 1.54) is 6.07 Å². The van der Waals surface area contributed by atoms with Gasteiger partial charge in [0, 0.05) is 0 Å². The molecule has 0 atom stereocenters. The third-order valence-electron chi connectivity index (χ3n) is 2.04. The number of rotatable bonds is 2. The molecule has 0 spiro atoms. The summed E-state index contributed by atoms with van der Waals surface area (Å²) in [4.78, 5) is 11.4. The first-order chi connectivity index (χ1) is 6.56. The molecule has 1 N–H and O–H groups in total. The van der Waals surface area contributed by atoms with E-state index in [1.54, 1.807) is 19.9 Å². The van der Waals surface area contributed by atoms with E-state index in [2.05, 4.69) is 0 Å². The first kappa shape index (κ1) is 10.6. The quantitative estimate of drug-likeness (QED) is 0.734. The van der Waals surface area contributed by atoms with Gasteiger partial charge in [-0.25, -0.2) is 4.79 Å². The molecule has 0 bridgehead atoms. The van der Waals surface area contributed by atoms with Gasteiger partial charge >= 0.3 is 5.97 Å². The smallest absolute Gasteiger partial charge is 0.338 e. The average molecular weight is 194 g/mol. The molecular formula is C11H14O3. The average Bonchev–Trinajstić information content (AvgIpc) is 2.11. The number of benzene rings is 1. The van der Waals surface area contributed by atoms with Gasteiger partial charge in [0.25, 0.3) is 0 Å². The minimum absolute atomic E-state index is 0.124. The summed E-state index contributed by atoms with van der Waals surface area (Å²) in [5.74, 6) is -0.265. The number of aromatic hydroxyl groups is 1. The Labute approximate surface area is 83.3 Å². The fraction of sp³-hybridized carbons (Fsp3) is 0.364. The van der Waals surface area contributed by atoms with Gasteiger partial charge in [-0.05, 0) is 38.0 Å². The van der Waals surface area contributed by atoms with Gasteiger partial charge in [-0.1, -0.05) is 6.07 Å². The van der Waals surface area contributed by atoms with Gasteiger partial charge in [0.05, 0.1) is 12.2 Å². The summed E-state index contributed by atoms with van der Waals surface area (Å²) in [6, 6.07) is 3.21. The maximum absolute atomic E-state index is 11.4. The summed E-state index contributed by atoms with van der Waals surface area (Å²) in [5, 5.41) is 9.43. The van der Waals surface area contributed by atoms with E-state index in [9.17, 15) is 9.90 Å². The van der Waals surface area contributed by atoms with Crippen molar-refractivity contribution in [2.45, 2.75) is 20.8 Å². The van der Waals surface area contributed by atoms with Crippen molar-refractivity contribution >= 4 is 5.97 Å². The van der Waals surface area contributed by atoms with Gasteiger partial charge in [-0.3, -0.25) is 0 Å². The molecule has 1 rings (SSSR count). The second-order valence-electron chi connectivity index (χ2n) is 3.17. The SMILES string of the molecule is CCOC(=O)c1cc(O)c(C)cc1C. The molecule has 0 aliphatic rings. The van der Waals surface area contributed by atoms with Gasteiger partial charge in [-0.2, -0.15) is 0 Å². The van der Waals surface area contributed by atoms with Crippen molar-refractivity contribution in [2.75, 3.05) is 6.61 Å². The topological polar surface area (TPSA) is 46.5 Å². The Morgan fingerprint density at radius 2 is 2.00 bits per heavy atom. The van der Waals surface area contributed by atoms with Crippen LogP contribution in [0.1, 0.15) is 28.4 Å². The van der Waals surface area contributed by atoms with Crippen molar-refractivity contribution in [3.8, 4) is 5.75 Å². The van der Waals surface area contributed by atoms with E-state index in [0.29, 0.717) is 12.2 Å². The highest BCUT2D eigenvalue weighted by atomic mass is 16.5. The highest BCUT2D eigenvalue weighted by molar-refractivity contribution is 5.91. The zero-order valence-electron chi connectivity index (χ0n) is 8.63. The number of hydrogen-bond acceptors (Lipinski definition) is 3. The summed E-state index contributed by atoms with van der Waals surface area (Å²) in [6.45, 7) is 5.70. The molecule has 0 fully saturated rings. The molecule has 0 amide bonds. The summed E-state index contributed by atoms with van der Waals surface area (Å²) in [6.07, 6.45) is 0. The predicted octanol–water partition coefficient (Wildman–Crippen LogP) is 2.19. The fourth-order valence-electron chi connectivity index (χ4n) is 1.27. The molecule has 1 aromatic rings. The summed E-state index contributed by atoms with van der Waals surface area (Å²) in [5.41, 5.74) is 2.00. The van der Waals surface area contributed by atoms with Crippen LogP contribution in [-0.4, -0.2) is 17.7 Å². The van der Waals surface area contributed by atoms with Gasteiger partial charge in [0.15, 0.2) is 0 Å². The van der Waals surface area contributed by atoms with E-state index >= 15 is 0 Å². The Morgan fingerprint density at radius 3 is 2.57 bits per heavy atom. The maximum atomic E-state index is 11.4. The van der Waals surface area contributed by atoms with Crippen molar-refractivity contribution in [1.29, 1.82) is 0 Å².